The van der Waals surface area contributed by atoms with Crippen LogP contribution in [0.25, 0.3) is 0 Å². The van der Waals surface area contributed by atoms with Crippen molar-refractivity contribution in [3.8, 4) is 0 Å². The summed E-state index contributed by atoms with van der Waals surface area (Å²) >= 11 is 1.30. The highest BCUT2D eigenvalue weighted by atomic mass is 32.2. The van der Waals surface area contributed by atoms with Crippen molar-refractivity contribution < 1.29 is 18.3 Å². The first kappa shape index (κ1) is 20.0. The van der Waals surface area contributed by atoms with Gasteiger partial charge in [0.15, 0.2) is 0 Å². The number of benzene rings is 1. The van der Waals surface area contributed by atoms with Crippen LogP contribution in [0, 0.1) is 5.82 Å². The SMILES string of the molecule is C=CCOC(=O)C1=C(C)Nc2nc(SCc3ccccc3F)nn2C1c1ccco1. The Balaban J connectivity index is 1.65. The van der Waals surface area contributed by atoms with Crippen molar-refractivity contribution in [1.82, 2.24) is 14.8 Å². The standard InChI is InChI=1S/C21H19FN4O3S/c1-3-10-29-19(27)17-13(2)23-20-24-21(30-12-14-7-4-5-8-15(14)22)25-26(20)18(17)16-9-6-11-28-16/h3-9,11,18H,1,10,12H2,2H3,(H,23,24,25). The van der Waals surface area contributed by atoms with Crippen LogP contribution in [0.4, 0.5) is 10.3 Å². The molecular weight excluding hydrogens is 407 g/mol. The number of aromatic nitrogens is 3. The number of carbonyl (C=O) groups is 1. The highest BCUT2D eigenvalue weighted by Crippen LogP contribution is 2.37. The van der Waals surface area contributed by atoms with Gasteiger partial charge in [-0.05, 0) is 30.7 Å². The number of hydrogen-bond acceptors (Lipinski definition) is 7. The fraction of sp³-hybridized carbons (Fsp3) is 0.190. The van der Waals surface area contributed by atoms with Crippen molar-refractivity contribution in [1.29, 1.82) is 0 Å². The normalized spacial score (nSPS) is 15.5. The second kappa shape index (κ2) is 8.58. The van der Waals surface area contributed by atoms with E-state index in [1.807, 2.05) is 0 Å². The molecule has 1 aliphatic heterocycles. The quantitative estimate of drug-likeness (QED) is 0.342. The van der Waals surface area contributed by atoms with Crippen molar-refractivity contribution in [2.45, 2.75) is 23.9 Å². The summed E-state index contributed by atoms with van der Waals surface area (Å²) in [6, 6.07) is 9.45. The summed E-state index contributed by atoms with van der Waals surface area (Å²) in [6.07, 6.45) is 3.04. The highest BCUT2D eigenvalue weighted by Gasteiger charge is 2.36. The lowest BCUT2D eigenvalue weighted by Crippen LogP contribution is -2.29. The molecule has 7 nitrogen and oxygen atoms in total. The number of ether oxygens (including phenoxy) is 1. The summed E-state index contributed by atoms with van der Waals surface area (Å²) < 4.78 is 26.3. The van der Waals surface area contributed by atoms with Crippen LogP contribution < -0.4 is 5.32 Å². The molecule has 0 bridgehead atoms. The van der Waals surface area contributed by atoms with E-state index in [4.69, 9.17) is 9.15 Å². The van der Waals surface area contributed by atoms with Gasteiger partial charge in [0.2, 0.25) is 11.1 Å². The number of furan rings is 1. The number of anilines is 1. The Morgan fingerprint density at radius 1 is 1.40 bits per heavy atom. The molecule has 9 heteroatoms. The van der Waals surface area contributed by atoms with E-state index in [2.05, 4.69) is 22.0 Å². The van der Waals surface area contributed by atoms with Crippen LogP contribution in [0.2, 0.25) is 0 Å². The smallest absolute Gasteiger partial charge is 0.338 e. The molecule has 1 N–H and O–H groups in total. The largest absolute Gasteiger partial charge is 0.467 e. The summed E-state index contributed by atoms with van der Waals surface area (Å²) in [5.41, 5.74) is 1.53. The van der Waals surface area contributed by atoms with Gasteiger partial charge in [-0.1, -0.05) is 42.6 Å². The highest BCUT2D eigenvalue weighted by molar-refractivity contribution is 7.98. The third-order valence-corrected chi connectivity index (χ3v) is 5.40. The monoisotopic (exact) mass is 426 g/mol. The zero-order valence-electron chi connectivity index (χ0n) is 16.2. The first-order chi connectivity index (χ1) is 14.6. The third-order valence-electron chi connectivity index (χ3n) is 4.51. The van der Waals surface area contributed by atoms with Crippen LogP contribution in [0.15, 0.2) is 76.2 Å². The fourth-order valence-corrected chi connectivity index (χ4v) is 3.95. The summed E-state index contributed by atoms with van der Waals surface area (Å²) in [7, 11) is 0. The zero-order chi connectivity index (χ0) is 21.1. The lowest BCUT2D eigenvalue weighted by Gasteiger charge is -2.26. The number of hydrogen-bond donors (Lipinski definition) is 1. The second-order valence-corrected chi connectivity index (χ2v) is 7.45. The summed E-state index contributed by atoms with van der Waals surface area (Å²) in [4.78, 5) is 17.2. The van der Waals surface area contributed by atoms with Crippen molar-refractivity contribution in [3.05, 3.63) is 83.7 Å². The molecule has 154 valence electrons. The Hall–Kier alpha value is -3.33. The average Bonchev–Trinajstić information content (AvgIpc) is 3.40. The summed E-state index contributed by atoms with van der Waals surface area (Å²) in [5, 5.41) is 8.09. The molecule has 2 aromatic heterocycles. The van der Waals surface area contributed by atoms with Crippen molar-refractivity contribution in [2.24, 2.45) is 0 Å². The van der Waals surface area contributed by atoms with Crippen LogP contribution in [0.5, 0.6) is 0 Å². The predicted octanol–water partition coefficient (Wildman–Crippen LogP) is 4.32. The van der Waals surface area contributed by atoms with Crippen molar-refractivity contribution in [3.63, 3.8) is 0 Å². The Morgan fingerprint density at radius 2 is 2.23 bits per heavy atom. The van der Waals surface area contributed by atoms with E-state index < -0.39 is 12.0 Å². The van der Waals surface area contributed by atoms with Crippen molar-refractivity contribution in [2.75, 3.05) is 11.9 Å². The van der Waals surface area contributed by atoms with E-state index in [9.17, 15) is 9.18 Å². The first-order valence-corrected chi connectivity index (χ1v) is 10.2. The molecule has 3 aromatic rings. The molecule has 0 saturated carbocycles. The molecule has 0 aliphatic carbocycles. The molecule has 0 saturated heterocycles. The fourth-order valence-electron chi connectivity index (χ4n) is 3.14. The molecule has 0 spiro atoms. The number of halogens is 1. The Bertz CT molecular complexity index is 1110. The van der Waals surface area contributed by atoms with Gasteiger partial charge in [-0.2, -0.15) is 4.98 Å². The molecule has 3 heterocycles. The van der Waals surface area contributed by atoms with Gasteiger partial charge in [0.1, 0.15) is 24.2 Å². The topological polar surface area (TPSA) is 82.2 Å². The van der Waals surface area contributed by atoms with E-state index in [-0.39, 0.29) is 12.4 Å². The zero-order valence-corrected chi connectivity index (χ0v) is 17.0. The van der Waals surface area contributed by atoms with Gasteiger partial charge < -0.3 is 14.5 Å². The minimum Gasteiger partial charge on any atom is -0.467 e. The van der Waals surface area contributed by atoms with Crippen molar-refractivity contribution >= 4 is 23.7 Å². The molecule has 1 aliphatic rings. The van der Waals surface area contributed by atoms with Gasteiger partial charge in [0.05, 0.1) is 11.8 Å². The lowest BCUT2D eigenvalue weighted by atomic mass is 10.0. The number of esters is 1. The molecule has 1 aromatic carbocycles. The van der Waals surface area contributed by atoms with Gasteiger partial charge >= 0.3 is 5.97 Å². The van der Waals surface area contributed by atoms with Crippen LogP contribution in [-0.4, -0.2) is 27.3 Å². The van der Waals surface area contributed by atoms with Gasteiger partial charge in [-0.25, -0.2) is 13.9 Å². The van der Waals surface area contributed by atoms with Crippen LogP contribution >= 0.6 is 11.8 Å². The number of allylic oxidation sites excluding steroid dienone is 1. The molecule has 1 atom stereocenters. The van der Waals surface area contributed by atoms with Gasteiger partial charge in [-0.15, -0.1) is 5.10 Å². The Morgan fingerprint density at radius 3 is 2.97 bits per heavy atom. The number of rotatable bonds is 7. The number of nitrogens with one attached hydrogen (secondary N) is 1. The van der Waals surface area contributed by atoms with E-state index in [0.717, 1.165) is 0 Å². The third kappa shape index (κ3) is 3.88. The van der Waals surface area contributed by atoms with E-state index in [1.54, 1.807) is 41.9 Å². The molecule has 30 heavy (non-hydrogen) atoms. The molecule has 0 radical (unpaired) electrons. The minimum atomic E-state index is -0.635. The molecular formula is C21H19FN4O3S. The van der Waals surface area contributed by atoms with Crippen LogP contribution in [0.1, 0.15) is 24.3 Å². The lowest BCUT2D eigenvalue weighted by molar-refractivity contribution is -0.138. The molecule has 1 unspecified atom stereocenters. The maximum Gasteiger partial charge on any atom is 0.338 e. The molecule has 0 amide bonds. The minimum absolute atomic E-state index is 0.0917. The van der Waals surface area contributed by atoms with E-state index in [0.29, 0.717) is 39.5 Å². The number of thioether (sulfide) groups is 1. The summed E-state index contributed by atoms with van der Waals surface area (Å²) in [6.45, 7) is 5.43. The molecule has 0 fully saturated rings. The van der Waals surface area contributed by atoms with Gasteiger partial charge in [-0.3, -0.25) is 0 Å². The average molecular weight is 426 g/mol. The Kier molecular flexibility index (Phi) is 5.71. The number of carbonyl (C=O) groups excluding carboxylic acids is 1. The van der Waals surface area contributed by atoms with Crippen LogP contribution in [-0.2, 0) is 15.3 Å². The van der Waals surface area contributed by atoms with Gasteiger partial charge in [0.25, 0.3) is 0 Å². The second-order valence-electron chi connectivity index (χ2n) is 6.51. The number of fused-ring (bicyclic) bond motifs is 1. The van der Waals surface area contributed by atoms with E-state index in [1.165, 1.54) is 30.2 Å². The molecule has 4 rings (SSSR count). The summed E-state index contributed by atoms with van der Waals surface area (Å²) in [5.74, 6) is 0.596. The number of nitrogens with zero attached hydrogens (tertiary/aromatic N) is 3. The Labute approximate surface area is 176 Å². The predicted molar refractivity (Wildman–Crippen MR) is 110 cm³/mol. The maximum atomic E-state index is 13.9. The van der Waals surface area contributed by atoms with E-state index >= 15 is 0 Å². The van der Waals surface area contributed by atoms with Gasteiger partial charge in [0, 0.05) is 11.4 Å². The van der Waals surface area contributed by atoms with Crippen LogP contribution in [0.3, 0.4) is 0 Å². The first-order valence-electron chi connectivity index (χ1n) is 9.20. The maximum absolute atomic E-state index is 13.9.